The molecule has 0 aromatic heterocycles. The molecule has 4 nitrogen and oxygen atoms in total. The molecule has 1 aromatic rings. The number of ether oxygens (including phenoxy) is 3. The largest absolute Gasteiger partial charge is 0.491 e. The third kappa shape index (κ3) is 6.94. The standard InChI is InChI=1S/C13H21NO3/c1-12-2-4-13(5-3-12)17-11-10-16-9-8-15-7-6-14/h2-5H,6-11,14H2,1H3. The van der Waals surface area contributed by atoms with Crippen molar-refractivity contribution >= 4 is 0 Å². The lowest BCUT2D eigenvalue weighted by Crippen LogP contribution is -2.14. The van der Waals surface area contributed by atoms with E-state index in [0.29, 0.717) is 39.6 Å². The summed E-state index contributed by atoms with van der Waals surface area (Å²) in [5.41, 5.74) is 6.51. The lowest BCUT2D eigenvalue weighted by atomic mass is 10.2. The third-order valence-electron chi connectivity index (χ3n) is 2.15. The van der Waals surface area contributed by atoms with Gasteiger partial charge in [0.25, 0.3) is 0 Å². The molecule has 0 saturated carbocycles. The van der Waals surface area contributed by atoms with Gasteiger partial charge in [-0.25, -0.2) is 0 Å². The molecule has 0 aliphatic carbocycles. The van der Waals surface area contributed by atoms with E-state index in [2.05, 4.69) is 0 Å². The molecule has 0 unspecified atom stereocenters. The molecule has 0 aliphatic rings. The number of nitrogens with two attached hydrogens (primary N) is 1. The fraction of sp³-hybridized carbons (Fsp3) is 0.538. The lowest BCUT2D eigenvalue weighted by Gasteiger charge is -2.07. The summed E-state index contributed by atoms with van der Waals surface area (Å²) in [6, 6.07) is 7.97. The van der Waals surface area contributed by atoms with E-state index in [1.54, 1.807) is 0 Å². The summed E-state index contributed by atoms with van der Waals surface area (Å²) in [6.45, 7) is 5.48. The van der Waals surface area contributed by atoms with Crippen LogP contribution in [0.15, 0.2) is 24.3 Å². The monoisotopic (exact) mass is 239 g/mol. The van der Waals surface area contributed by atoms with E-state index in [4.69, 9.17) is 19.9 Å². The number of hydrogen-bond donors (Lipinski definition) is 1. The molecule has 17 heavy (non-hydrogen) atoms. The van der Waals surface area contributed by atoms with Crippen LogP contribution >= 0.6 is 0 Å². The molecule has 0 saturated heterocycles. The van der Waals surface area contributed by atoms with Crippen molar-refractivity contribution in [3.05, 3.63) is 29.8 Å². The molecule has 0 radical (unpaired) electrons. The van der Waals surface area contributed by atoms with Gasteiger partial charge in [0.2, 0.25) is 0 Å². The normalized spacial score (nSPS) is 10.5. The molecular weight excluding hydrogens is 218 g/mol. The summed E-state index contributed by atoms with van der Waals surface area (Å²) >= 11 is 0. The topological polar surface area (TPSA) is 53.7 Å². The minimum absolute atomic E-state index is 0.552. The first kappa shape index (κ1) is 14.0. The second-order valence-corrected chi connectivity index (χ2v) is 3.67. The number of rotatable bonds is 9. The van der Waals surface area contributed by atoms with E-state index in [9.17, 15) is 0 Å². The summed E-state index contributed by atoms with van der Waals surface area (Å²) < 4.78 is 16.0. The van der Waals surface area contributed by atoms with Crippen molar-refractivity contribution in [2.45, 2.75) is 6.92 Å². The van der Waals surface area contributed by atoms with Crippen LogP contribution in [0.3, 0.4) is 0 Å². The van der Waals surface area contributed by atoms with Crippen LogP contribution in [-0.4, -0.2) is 39.6 Å². The molecule has 0 spiro atoms. The van der Waals surface area contributed by atoms with Gasteiger partial charge < -0.3 is 19.9 Å². The Hall–Kier alpha value is -1.10. The average Bonchev–Trinajstić information content (AvgIpc) is 2.35. The molecule has 0 bridgehead atoms. The second kappa shape index (κ2) is 8.98. The zero-order valence-electron chi connectivity index (χ0n) is 10.4. The molecule has 1 aromatic carbocycles. The first-order valence-corrected chi connectivity index (χ1v) is 5.88. The van der Waals surface area contributed by atoms with Crippen LogP contribution in [0.4, 0.5) is 0 Å². The molecule has 1 rings (SSSR count). The second-order valence-electron chi connectivity index (χ2n) is 3.67. The van der Waals surface area contributed by atoms with E-state index < -0.39 is 0 Å². The Morgan fingerprint density at radius 2 is 1.47 bits per heavy atom. The quantitative estimate of drug-likeness (QED) is 0.661. The van der Waals surface area contributed by atoms with Crippen LogP contribution in [0.5, 0.6) is 5.75 Å². The highest BCUT2D eigenvalue weighted by molar-refractivity contribution is 5.26. The number of benzene rings is 1. The predicted octanol–water partition coefficient (Wildman–Crippen LogP) is 1.37. The first-order valence-electron chi connectivity index (χ1n) is 5.88. The average molecular weight is 239 g/mol. The van der Waals surface area contributed by atoms with Crippen molar-refractivity contribution in [3.63, 3.8) is 0 Å². The van der Waals surface area contributed by atoms with Crippen LogP contribution in [0.1, 0.15) is 5.56 Å². The smallest absolute Gasteiger partial charge is 0.119 e. The van der Waals surface area contributed by atoms with Crippen LogP contribution in [0, 0.1) is 6.92 Å². The van der Waals surface area contributed by atoms with Gasteiger partial charge in [0.05, 0.1) is 26.4 Å². The van der Waals surface area contributed by atoms with Crippen molar-refractivity contribution in [2.75, 3.05) is 39.6 Å². The van der Waals surface area contributed by atoms with Gasteiger partial charge in [0.15, 0.2) is 0 Å². The fourth-order valence-corrected chi connectivity index (χ4v) is 1.26. The predicted molar refractivity (Wildman–Crippen MR) is 67.4 cm³/mol. The van der Waals surface area contributed by atoms with E-state index >= 15 is 0 Å². The molecule has 96 valence electrons. The number of aryl methyl sites for hydroxylation is 1. The zero-order chi connectivity index (χ0) is 12.3. The Bertz CT molecular complexity index is 287. The van der Waals surface area contributed by atoms with E-state index in [-0.39, 0.29) is 0 Å². The minimum atomic E-state index is 0.552. The maximum Gasteiger partial charge on any atom is 0.119 e. The molecule has 2 N–H and O–H groups in total. The van der Waals surface area contributed by atoms with Crippen LogP contribution in [-0.2, 0) is 9.47 Å². The van der Waals surface area contributed by atoms with Crippen molar-refractivity contribution < 1.29 is 14.2 Å². The van der Waals surface area contributed by atoms with Gasteiger partial charge in [-0.05, 0) is 19.1 Å². The fourth-order valence-electron chi connectivity index (χ4n) is 1.26. The Morgan fingerprint density at radius 3 is 2.12 bits per heavy atom. The van der Waals surface area contributed by atoms with Gasteiger partial charge in [-0.2, -0.15) is 0 Å². The van der Waals surface area contributed by atoms with Gasteiger partial charge in [-0.15, -0.1) is 0 Å². The molecule has 0 atom stereocenters. The highest BCUT2D eigenvalue weighted by atomic mass is 16.5. The number of hydrogen-bond acceptors (Lipinski definition) is 4. The summed E-state index contributed by atoms with van der Waals surface area (Å²) in [4.78, 5) is 0. The van der Waals surface area contributed by atoms with Gasteiger partial charge in [0, 0.05) is 6.54 Å². The summed E-state index contributed by atoms with van der Waals surface area (Å²) in [5, 5.41) is 0. The lowest BCUT2D eigenvalue weighted by molar-refractivity contribution is 0.0388. The van der Waals surface area contributed by atoms with Crippen molar-refractivity contribution in [3.8, 4) is 5.75 Å². The Kier molecular flexibility index (Phi) is 7.38. The molecule has 0 aliphatic heterocycles. The Labute approximate surface area is 103 Å². The highest BCUT2D eigenvalue weighted by Gasteiger charge is 1.93. The van der Waals surface area contributed by atoms with Crippen LogP contribution in [0.25, 0.3) is 0 Å². The van der Waals surface area contributed by atoms with E-state index in [1.165, 1.54) is 5.56 Å². The Balaban J connectivity index is 1.95. The molecule has 0 amide bonds. The van der Waals surface area contributed by atoms with Gasteiger partial charge in [-0.3, -0.25) is 0 Å². The van der Waals surface area contributed by atoms with E-state index in [1.807, 2.05) is 31.2 Å². The van der Waals surface area contributed by atoms with Gasteiger partial charge in [-0.1, -0.05) is 17.7 Å². The SMILES string of the molecule is Cc1ccc(OCCOCCOCCN)cc1. The Morgan fingerprint density at radius 1 is 0.882 bits per heavy atom. The summed E-state index contributed by atoms with van der Waals surface area (Å²) in [7, 11) is 0. The third-order valence-corrected chi connectivity index (χ3v) is 2.15. The van der Waals surface area contributed by atoms with Crippen molar-refractivity contribution in [1.82, 2.24) is 0 Å². The zero-order valence-corrected chi connectivity index (χ0v) is 10.4. The van der Waals surface area contributed by atoms with E-state index in [0.717, 1.165) is 5.75 Å². The summed E-state index contributed by atoms with van der Waals surface area (Å²) in [6.07, 6.45) is 0. The van der Waals surface area contributed by atoms with Crippen LogP contribution in [0.2, 0.25) is 0 Å². The first-order chi connectivity index (χ1) is 8.33. The van der Waals surface area contributed by atoms with Crippen LogP contribution < -0.4 is 10.5 Å². The molecule has 0 heterocycles. The minimum Gasteiger partial charge on any atom is -0.491 e. The van der Waals surface area contributed by atoms with Gasteiger partial charge >= 0.3 is 0 Å². The van der Waals surface area contributed by atoms with Gasteiger partial charge in [0.1, 0.15) is 12.4 Å². The molecule has 0 fully saturated rings. The summed E-state index contributed by atoms with van der Waals surface area (Å²) in [5.74, 6) is 0.874. The maximum atomic E-state index is 5.50. The molecule has 4 heteroatoms. The highest BCUT2D eigenvalue weighted by Crippen LogP contribution is 2.10. The maximum absolute atomic E-state index is 5.50. The van der Waals surface area contributed by atoms with Crippen molar-refractivity contribution in [2.24, 2.45) is 5.73 Å². The molecular formula is C13H21NO3. The van der Waals surface area contributed by atoms with Crippen molar-refractivity contribution in [1.29, 1.82) is 0 Å².